The Kier molecular flexibility index (Phi) is 2.87. The maximum atomic E-state index is 13.6. The Morgan fingerprint density at radius 3 is 2.71 bits per heavy atom. The van der Waals surface area contributed by atoms with Gasteiger partial charge in [0.25, 0.3) is 0 Å². The van der Waals surface area contributed by atoms with Crippen LogP contribution in [0.3, 0.4) is 0 Å². The number of nitrogens with two attached hydrogens (primary N) is 1. The van der Waals surface area contributed by atoms with Crippen LogP contribution in [0.1, 0.15) is 24.8 Å². The quantitative estimate of drug-likeness (QED) is 0.878. The highest BCUT2D eigenvalue weighted by atomic mass is 35.5. The standard InChI is InChI=1S/C14H17ClFN/c15-12-1-2-13(16)10(6-12)7-14(17)11-4-8-3-9(8)5-11/h1-2,6,8-9,11,14H,3-5,7,17H2. The van der Waals surface area contributed by atoms with E-state index in [1.165, 1.54) is 25.3 Å². The Bertz CT molecular complexity index is 424. The van der Waals surface area contributed by atoms with Crippen molar-refractivity contribution in [1.82, 2.24) is 0 Å². The minimum Gasteiger partial charge on any atom is -0.327 e. The van der Waals surface area contributed by atoms with Crippen molar-refractivity contribution < 1.29 is 4.39 Å². The van der Waals surface area contributed by atoms with Crippen LogP contribution >= 0.6 is 11.6 Å². The third kappa shape index (κ3) is 2.34. The van der Waals surface area contributed by atoms with Crippen LogP contribution in [0.2, 0.25) is 5.02 Å². The van der Waals surface area contributed by atoms with Gasteiger partial charge in [0, 0.05) is 11.1 Å². The lowest BCUT2D eigenvalue weighted by molar-refractivity contribution is 0.389. The second-order valence-electron chi connectivity index (χ2n) is 5.59. The summed E-state index contributed by atoms with van der Waals surface area (Å²) >= 11 is 5.88. The van der Waals surface area contributed by atoms with Crippen molar-refractivity contribution in [1.29, 1.82) is 0 Å². The van der Waals surface area contributed by atoms with Gasteiger partial charge >= 0.3 is 0 Å². The van der Waals surface area contributed by atoms with E-state index >= 15 is 0 Å². The molecule has 0 aliphatic heterocycles. The molecule has 0 saturated heterocycles. The van der Waals surface area contributed by atoms with Gasteiger partial charge in [0.1, 0.15) is 5.82 Å². The third-order valence-electron chi connectivity index (χ3n) is 4.35. The Balaban J connectivity index is 1.67. The monoisotopic (exact) mass is 253 g/mol. The van der Waals surface area contributed by atoms with Crippen LogP contribution in [-0.2, 0) is 6.42 Å². The predicted molar refractivity (Wildman–Crippen MR) is 67.4 cm³/mol. The van der Waals surface area contributed by atoms with E-state index in [1.54, 1.807) is 12.1 Å². The molecule has 0 amide bonds. The summed E-state index contributed by atoms with van der Waals surface area (Å²) in [6, 6.07) is 4.79. The molecule has 3 atom stereocenters. The normalized spacial score (nSPS) is 32.3. The Morgan fingerprint density at radius 1 is 1.29 bits per heavy atom. The molecule has 2 fully saturated rings. The first-order chi connectivity index (χ1) is 8.13. The van der Waals surface area contributed by atoms with Crippen molar-refractivity contribution in [3.05, 3.63) is 34.6 Å². The molecule has 0 radical (unpaired) electrons. The highest BCUT2D eigenvalue weighted by molar-refractivity contribution is 6.30. The Labute approximate surface area is 106 Å². The zero-order valence-corrected chi connectivity index (χ0v) is 10.5. The number of hydrogen-bond donors (Lipinski definition) is 1. The molecule has 1 aromatic rings. The topological polar surface area (TPSA) is 26.0 Å². The largest absolute Gasteiger partial charge is 0.327 e. The minimum atomic E-state index is -0.187. The van der Waals surface area contributed by atoms with E-state index < -0.39 is 0 Å². The fraction of sp³-hybridized carbons (Fsp3) is 0.571. The molecule has 0 spiro atoms. The van der Waals surface area contributed by atoms with Gasteiger partial charge in [0.05, 0.1) is 0 Å². The van der Waals surface area contributed by atoms with Gasteiger partial charge in [-0.15, -0.1) is 0 Å². The molecule has 92 valence electrons. The summed E-state index contributed by atoms with van der Waals surface area (Å²) in [5.41, 5.74) is 6.86. The molecule has 1 aromatic carbocycles. The summed E-state index contributed by atoms with van der Waals surface area (Å²) in [6.45, 7) is 0. The molecule has 2 aliphatic rings. The number of fused-ring (bicyclic) bond motifs is 1. The molecule has 3 unspecified atom stereocenters. The lowest BCUT2D eigenvalue weighted by Gasteiger charge is -2.20. The van der Waals surface area contributed by atoms with E-state index in [1.807, 2.05) is 0 Å². The molecular formula is C14H17ClFN. The molecule has 0 bridgehead atoms. The Hall–Kier alpha value is -0.600. The summed E-state index contributed by atoms with van der Waals surface area (Å²) in [4.78, 5) is 0. The number of rotatable bonds is 3. The van der Waals surface area contributed by atoms with Gasteiger partial charge in [0.15, 0.2) is 0 Å². The molecular weight excluding hydrogens is 237 g/mol. The average Bonchev–Trinajstić information content (AvgIpc) is 2.91. The Morgan fingerprint density at radius 2 is 2.00 bits per heavy atom. The molecule has 0 heterocycles. The number of halogens is 2. The first-order valence-electron chi connectivity index (χ1n) is 6.33. The highest BCUT2D eigenvalue weighted by Gasteiger charge is 2.47. The molecule has 2 saturated carbocycles. The van der Waals surface area contributed by atoms with Gasteiger partial charge in [-0.05, 0) is 67.2 Å². The lowest BCUT2D eigenvalue weighted by atomic mass is 9.90. The second kappa shape index (κ2) is 4.25. The fourth-order valence-electron chi connectivity index (χ4n) is 3.23. The van der Waals surface area contributed by atoms with Crippen LogP contribution in [0, 0.1) is 23.6 Å². The first kappa shape index (κ1) is 11.5. The summed E-state index contributed by atoms with van der Waals surface area (Å²) in [7, 11) is 0. The van der Waals surface area contributed by atoms with Gasteiger partial charge < -0.3 is 5.73 Å². The van der Waals surface area contributed by atoms with E-state index in [0.29, 0.717) is 22.9 Å². The molecule has 2 N–H and O–H groups in total. The lowest BCUT2D eigenvalue weighted by Crippen LogP contribution is -2.31. The SMILES string of the molecule is NC(Cc1cc(Cl)ccc1F)C1CC2CC2C1. The van der Waals surface area contributed by atoms with Crippen molar-refractivity contribution in [2.24, 2.45) is 23.5 Å². The average molecular weight is 254 g/mol. The van der Waals surface area contributed by atoms with Gasteiger partial charge in [-0.2, -0.15) is 0 Å². The zero-order chi connectivity index (χ0) is 12.0. The summed E-state index contributed by atoms with van der Waals surface area (Å²) in [5.74, 6) is 2.25. The van der Waals surface area contributed by atoms with E-state index in [9.17, 15) is 4.39 Å². The van der Waals surface area contributed by atoms with Crippen LogP contribution in [0.25, 0.3) is 0 Å². The third-order valence-corrected chi connectivity index (χ3v) is 4.58. The van der Waals surface area contributed by atoms with E-state index in [-0.39, 0.29) is 11.9 Å². The molecule has 1 nitrogen and oxygen atoms in total. The van der Waals surface area contributed by atoms with Crippen molar-refractivity contribution >= 4 is 11.6 Å². The number of hydrogen-bond acceptors (Lipinski definition) is 1. The maximum absolute atomic E-state index is 13.6. The first-order valence-corrected chi connectivity index (χ1v) is 6.71. The van der Waals surface area contributed by atoms with Crippen molar-refractivity contribution in [2.75, 3.05) is 0 Å². The van der Waals surface area contributed by atoms with Gasteiger partial charge in [-0.1, -0.05) is 11.6 Å². The second-order valence-corrected chi connectivity index (χ2v) is 6.03. The summed E-state index contributed by atoms with van der Waals surface area (Å²) < 4.78 is 13.6. The van der Waals surface area contributed by atoms with Crippen molar-refractivity contribution in [3.8, 4) is 0 Å². The van der Waals surface area contributed by atoms with Crippen LogP contribution in [0.4, 0.5) is 4.39 Å². The fourth-order valence-corrected chi connectivity index (χ4v) is 3.43. The van der Waals surface area contributed by atoms with E-state index in [4.69, 9.17) is 17.3 Å². The minimum absolute atomic E-state index is 0.0794. The van der Waals surface area contributed by atoms with Crippen molar-refractivity contribution in [3.63, 3.8) is 0 Å². The van der Waals surface area contributed by atoms with Gasteiger partial charge in [0.2, 0.25) is 0 Å². The molecule has 17 heavy (non-hydrogen) atoms. The van der Waals surface area contributed by atoms with Crippen LogP contribution in [0.15, 0.2) is 18.2 Å². The van der Waals surface area contributed by atoms with Crippen molar-refractivity contribution in [2.45, 2.75) is 31.7 Å². The van der Waals surface area contributed by atoms with E-state index in [2.05, 4.69) is 0 Å². The van der Waals surface area contributed by atoms with Gasteiger partial charge in [-0.25, -0.2) is 4.39 Å². The highest BCUT2D eigenvalue weighted by Crippen LogP contribution is 2.55. The summed E-state index contributed by atoms with van der Waals surface area (Å²) in [6.07, 6.45) is 4.49. The predicted octanol–water partition coefficient (Wildman–Crippen LogP) is 3.40. The van der Waals surface area contributed by atoms with E-state index in [0.717, 1.165) is 11.8 Å². The zero-order valence-electron chi connectivity index (χ0n) is 9.70. The molecule has 3 heteroatoms. The number of benzene rings is 1. The molecule has 3 rings (SSSR count). The smallest absolute Gasteiger partial charge is 0.126 e. The molecule has 2 aliphatic carbocycles. The van der Waals surface area contributed by atoms with Crippen LogP contribution in [-0.4, -0.2) is 6.04 Å². The van der Waals surface area contributed by atoms with Crippen LogP contribution < -0.4 is 5.73 Å². The van der Waals surface area contributed by atoms with Gasteiger partial charge in [-0.3, -0.25) is 0 Å². The maximum Gasteiger partial charge on any atom is 0.126 e. The van der Waals surface area contributed by atoms with Crippen LogP contribution in [0.5, 0.6) is 0 Å². The summed E-state index contributed by atoms with van der Waals surface area (Å²) in [5, 5.41) is 0.586. The molecule has 0 aromatic heterocycles.